The van der Waals surface area contributed by atoms with Crippen molar-refractivity contribution in [3.8, 4) is 17.0 Å². The van der Waals surface area contributed by atoms with Gasteiger partial charge in [-0.05, 0) is 31.5 Å². The first-order chi connectivity index (χ1) is 11.6. The smallest absolute Gasteiger partial charge is 0.387 e. The maximum atomic E-state index is 12.4. The average molecular weight is 373 g/mol. The van der Waals surface area contributed by atoms with Crippen LogP contribution in [0.3, 0.4) is 0 Å². The highest BCUT2D eigenvalue weighted by Gasteiger charge is 2.19. The van der Waals surface area contributed by atoms with Gasteiger partial charge in [0, 0.05) is 18.2 Å². The first kappa shape index (κ1) is 19.1. The Balaban J connectivity index is 0.00000225. The van der Waals surface area contributed by atoms with Crippen molar-refractivity contribution in [2.75, 3.05) is 13.1 Å². The lowest BCUT2D eigenvalue weighted by Gasteiger charge is -2.12. The number of H-pyrrole nitrogens is 1. The summed E-state index contributed by atoms with van der Waals surface area (Å²) in [6, 6.07) is 6.43. The summed E-state index contributed by atoms with van der Waals surface area (Å²) < 4.78 is 29.1. The molecule has 9 heteroatoms. The van der Waals surface area contributed by atoms with Gasteiger partial charge in [0.25, 0.3) is 5.91 Å². The van der Waals surface area contributed by atoms with E-state index < -0.39 is 6.61 Å². The van der Waals surface area contributed by atoms with Crippen molar-refractivity contribution in [3.05, 3.63) is 36.0 Å². The van der Waals surface area contributed by atoms with Gasteiger partial charge >= 0.3 is 6.61 Å². The van der Waals surface area contributed by atoms with E-state index in [2.05, 4.69) is 25.6 Å². The molecule has 1 aliphatic heterocycles. The van der Waals surface area contributed by atoms with Crippen LogP contribution in [0.1, 0.15) is 23.2 Å². The second-order valence-corrected chi connectivity index (χ2v) is 5.57. The van der Waals surface area contributed by atoms with Crippen LogP contribution in [0.2, 0.25) is 0 Å². The molecule has 1 aliphatic rings. The van der Waals surface area contributed by atoms with Crippen molar-refractivity contribution in [3.63, 3.8) is 0 Å². The number of amides is 1. The lowest BCUT2D eigenvalue weighted by molar-refractivity contribution is -0.0498. The molecule has 1 fully saturated rings. The van der Waals surface area contributed by atoms with Crippen molar-refractivity contribution in [1.82, 2.24) is 20.8 Å². The molecule has 136 valence electrons. The van der Waals surface area contributed by atoms with E-state index >= 15 is 0 Å². The zero-order valence-corrected chi connectivity index (χ0v) is 14.1. The average Bonchev–Trinajstić information content (AvgIpc) is 3.23. The van der Waals surface area contributed by atoms with Gasteiger partial charge in [-0.2, -0.15) is 13.9 Å². The number of halogens is 3. The van der Waals surface area contributed by atoms with Crippen LogP contribution >= 0.6 is 12.4 Å². The summed E-state index contributed by atoms with van der Waals surface area (Å²) in [6.07, 6.45) is 3.56. The van der Waals surface area contributed by atoms with Gasteiger partial charge < -0.3 is 15.4 Å². The molecule has 1 aromatic carbocycles. The second kappa shape index (κ2) is 8.77. The monoisotopic (exact) mass is 372 g/mol. The lowest BCUT2D eigenvalue weighted by Crippen LogP contribution is -2.37. The quantitative estimate of drug-likeness (QED) is 0.728. The fourth-order valence-electron chi connectivity index (χ4n) is 2.75. The third-order valence-corrected chi connectivity index (χ3v) is 3.90. The van der Waals surface area contributed by atoms with Crippen LogP contribution in [0.4, 0.5) is 8.78 Å². The van der Waals surface area contributed by atoms with Gasteiger partial charge in [0.2, 0.25) is 0 Å². The summed E-state index contributed by atoms with van der Waals surface area (Å²) in [4.78, 5) is 12.4. The number of carbonyl (C=O) groups is 1. The molecule has 1 atom stereocenters. The molecule has 25 heavy (non-hydrogen) atoms. The Morgan fingerprint density at radius 2 is 2.28 bits per heavy atom. The molecule has 1 unspecified atom stereocenters. The van der Waals surface area contributed by atoms with Crippen molar-refractivity contribution < 1.29 is 18.3 Å². The molecule has 0 spiro atoms. The highest BCUT2D eigenvalue weighted by Crippen LogP contribution is 2.26. The predicted octanol–water partition coefficient (Wildman–Crippen LogP) is 2.58. The van der Waals surface area contributed by atoms with E-state index in [-0.39, 0.29) is 30.1 Å². The summed E-state index contributed by atoms with van der Waals surface area (Å²) in [6.45, 7) is -1.39. The molecule has 0 radical (unpaired) electrons. The Bertz CT molecular complexity index is 705. The highest BCUT2D eigenvalue weighted by atomic mass is 35.5. The first-order valence-electron chi connectivity index (χ1n) is 7.73. The van der Waals surface area contributed by atoms with Crippen LogP contribution in [0.5, 0.6) is 5.75 Å². The summed E-state index contributed by atoms with van der Waals surface area (Å²) in [5, 5.41) is 12.8. The molecule has 0 aliphatic carbocycles. The Morgan fingerprint density at radius 3 is 3.00 bits per heavy atom. The first-order valence-corrected chi connectivity index (χ1v) is 7.73. The molecular weight excluding hydrogens is 354 g/mol. The van der Waals surface area contributed by atoms with Crippen molar-refractivity contribution in [1.29, 1.82) is 0 Å². The number of hydrogen-bond acceptors (Lipinski definition) is 4. The number of rotatable bonds is 6. The van der Waals surface area contributed by atoms with Crippen LogP contribution in [-0.4, -0.2) is 41.8 Å². The van der Waals surface area contributed by atoms with Crippen LogP contribution in [-0.2, 0) is 0 Å². The Morgan fingerprint density at radius 1 is 1.44 bits per heavy atom. The van der Waals surface area contributed by atoms with E-state index in [1.807, 2.05) is 0 Å². The van der Waals surface area contributed by atoms with E-state index in [0.29, 0.717) is 23.4 Å². The van der Waals surface area contributed by atoms with Gasteiger partial charge in [-0.3, -0.25) is 9.89 Å². The fraction of sp³-hybridized carbons (Fsp3) is 0.375. The zero-order valence-electron chi connectivity index (χ0n) is 13.3. The maximum absolute atomic E-state index is 12.4. The molecule has 0 bridgehead atoms. The van der Waals surface area contributed by atoms with Crippen LogP contribution in [0.15, 0.2) is 30.5 Å². The van der Waals surface area contributed by atoms with E-state index in [0.717, 1.165) is 19.4 Å². The number of ether oxygens (including phenoxy) is 1. The Hall–Kier alpha value is -2.19. The predicted molar refractivity (Wildman–Crippen MR) is 91.3 cm³/mol. The molecule has 2 aromatic rings. The van der Waals surface area contributed by atoms with Gasteiger partial charge in [-0.25, -0.2) is 0 Å². The Labute approximate surface area is 149 Å². The summed E-state index contributed by atoms with van der Waals surface area (Å²) >= 11 is 0. The minimum Gasteiger partial charge on any atom is -0.435 e. The van der Waals surface area contributed by atoms with Gasteiger partial charge in [-0.15, -0.1) is 12.4 Å². The van der Waals surface area contributed by atoms with Gasteiger partial charge in [0.05, 0.1) is 17.5 Å². The molecular formula is C16H19ClF2N4O2. The maximum Gasteiger partial charge on any atom is 0.387 e. The largest absolute Gasteiger partial charge is 0.435 e. The molecule has 1 saturated heterocycles. The standard InChI is InChI=1S/C16H18F2N4O2.ClH/c17-16(18)24-12-5-1-3-10(7-12)14-13(9-21-22-14)15(23)20-8-11-4-2-6-19-11;/h1,3,5,7,9,11,16,19H,2,4,6,8H2,(H,20,23)(H,21,22);1H. The molecule has 3 N–H and O–H groups in total. The molecule has 1 amide bonds. The second-order valence-electron chi connectivity index (χ2n) is 5.57. The zero-order chi connectivity index (χ0) is 16.9. The van der Waals surface area contributed by atoms with Crippen molar-refractivity contribution >= 4 is 18.3 Å². The van der Waals surface area contributed by atoms with Crippen LogP contribution in [0, 0.1) is 0 Å². The molecule has 3 rings (SSSR count). The third kappa shape index (κ3) is 4.90. The SMILES string of the molecule is Cl.O=C(NCC1CCCN1)c1cn[nH]c1-c1cccc(OC(F)F)c1. The Kier molecular flexibility index (Phi) is 6.72. The number of nitrogens with one attached hydrogen (secondary N) is 3. The van der Waals surface area contributed by atoms with Gasteiger partial charge in [0.15, 0.2) is 0 Å². The summed E-state index contributed by atoms with van der Waals surface area (Å²) in [7, 11) is 0. The minimum absolute atomic E-state index is 0. The van der Waals surface area contributed by atoms with Crippen molar-refractivity contribution in [2.24, 2.45) is 0 Å². The number of aromatic amines is 1. The van der Waals surface area contributed by atoms with E-state index in [4.69, 9.17) is 0 Å². The van der Waals surface area contributed by atoms with E-state index in [1.165, 1.54) is 18.3 Å². The number of hydrogen-bond donors (Lipinski definition) is 3. The van der Waals surface area contributed by atoms with Gasteiger partial charge in [-0.1, -0.05) is 12.1 Å². The summed E-state index contributed by atoms with van der Waals surface area (Å²) in [5.74, 6) is -0.230. The third-order valence-electron chi connectivity index (χ3n) is 3.90. The van der Waals surface area contributed by atoms with Gasteiger partial charge in [0.1, 0.15) is 5.75 Å². The number of nitrogens with zero attached hydrogens (tertiary/aromatic N) is 1. The van der Waals surface area contributed by atoms with Crippen LogP contribution < -0.4 is 15.4 Å². The fourth-order valence-corrected chi connectivity index (χ4v) is 2.75. The number of alkyl halides is 2. The molecule has 0 saturated carbocycles. The van der Waals surface area contributed by atoms with E-state index in [9.17, 15) is 13.6 Å². The topological polar surface area (TPSA) is 79.0 Å². The van der Waals surface area contributed by atoms with Crippen molar-refractivity contribution in [2.45, 2.75) is 25.5 Å². The van der Waals surface area contributed by atoms with E-state index in [1.54, 1.807) is 12.1 Å². The number of benzene rings is 1. The highest BCUT2D eigenvalue weighted by molar-refractivity contribution is 5.99. The lowest BCUT2D eigenvalue weighted by atomic mass is 10.1. The molecule has 2 heterocycles. The molecule has 6 nitrogen and oxygen atoms in total. The normalized spacial score (nSPS) is 16.5. The van der Waals surface area contributed by atoms with Crippen LogP contribution in [0.25, 0.3) is 11.3 Å². The summed E-state index contributed by atoms with van der Waals surface area (Å²) in [5.41, 5.74) is 1.38. The number of aromatic nitrogens is 2. The minimum atomic E-state index is -2.90. The number of carbonyl (C=O) groups excluding carboxylic acids is 1. The molecule has 1 aromatic heterocycles.